The summed E-state index contributed by atoms with van der Waals surface area (Å²) in [5.41, 5.74) is 1.30. The molecule has 0 unspecified atom stereocenters. The Morgan fingerprint density at radius 2 is 1.75 bits per heavy atom. The first-order chi connectivity index (χ1) is 11.4. The van der Waals surface area contributed by atoms with Gasteiger partial charge in [0.15, 0.2) is 0 Å². The van der Waals surface area contributed by atoms with E-state index >= 15 is 0 Å². The topological polar surface area (TPSA) is 28.7 Å². The SMILES string of the molecule is FC(F)(F)c1cccc(-c2cnc(/C=C/c3ccc(Br)cc3)[nH]2)c1. The monoisotopic (exact) mass is 392 g/mol. The lowest BCUT2D eigenvalue weighted by Crippen LogP contribution is -2.04. The highest BCUT2D eigenvalue weighted by Gasteiger charge is 2.30. The summed E-state index contributed by atoms with van der Waals surface area (Å²) in [4.78, 5) is 7.20. The zero-order valence-electron chi connectivity index (χ0n) is 12.3. The summed E-state index contributed by atoms with van der Waals surface area (Å²) in [5, 5.41) is 0. The average Bonchev–Trinajstić information content (AvgIpc) is 3.03. The van der Waals surface area contributed by atoms with Gasteiger partial charge in [-0.2, -0.15) is 13.2 Å². The molecular weight excluding hydrogens is 381 g/mol. The van der Waals surface area contributed by atoms with Gasteiger partial charge in [-0.05, 0) is 35.9 Å². The van der Waals surface area contributed by atoms with Crippen molar-refractivity contribution in [3.63, 3.8) is 0 Å². The van der Waals surface area contributed by atoms with Crippen LogP contribution in [0.5, 0.6) is 0 Å². The molecule has 0 atom stereocenters. The molecule has 0 radical (unpaired) electrons. The average molecular weight is 393 g/mol. The Balaban J connectivity index is 1.82. The molecule has 6 heteroatoms. The second kappa shape index (κ2) is 6.65. The number of alkyl halides is 3. The van der Waals surface area contributed by atoms with E-state index in [-0.39, 0.29) is 0 Å². The Hall–Kier alpha value is -2.34. The van der Waals surface area contributed by atoms with Crippen molar-refractivity contribution < 1.29 is 13.2 Å². The Morgan fingerprint density at radius 3 is 2.46 bits per heavy atom. The Labute approximate surface area is 145 Å². The predicted molar refractivity (Wildman–Crippen MR) is 92.1 cm³/mol. The number of aromatic nitrogens is 2. The second-order valence-corrected chi connectivity index (χ2v) is 6.06. The normalized spacial score (nSPS) is 12.0. The third kappa shape index (κ3) is 3.94. The molecule has 3 aromatic rings. The summed E-state index contributed by atoms with van der Waals surface area (Å²) in [6.45, 7) is 0. The summed E-state index contributed by atoms with van der Waals surface area (Å²) in [7, 11) is 0. The van der Waals surface area contributed by atoms with Gasteiger partial charge in [0, 0.05) is 10.0 Å². The molecule has 0 spiro atoms. The maximum absolute atomic E-state index is 12.8. The minimum atomic E-state index is -4.36. The molecule has 1 heterocycles. The number of rotatable bonds is 3. The summed E-state index contributed by atoms with van der Waals surface area (Å²) in [6, 6.07) is 12.9. The Bertz CT molecular complexity index is 864. The molecule has 1 aromatic heterocycles. The number of hydrogen-bond acceptors (Lipinski definition) is 1. The molecule has 2 nitrogen and oxygen atoms in total. The molecule has 3 rings (SSSR count). The number of nitrogens with zero attached hydrogens (tertiary/aromatic N) is 1. The third-order valence-corrected chi connectivity index (χ3v) is 3.93. The maximum Gasteiger partial charge on any atom is 0.416 e. The number of aromatic amines is 1. The molecule has 0 fully saturated rings. The minimum absolute atomic E-state index is 0.445. The standard InChI is InChI=1S/C18H12BrF3N2/c19-15-7-4-12(5-8-15)6-9-17-23-11-16(24-17)13-2-1-3-14(10-13)18(20,21)22/h1-11H,(H,23,24)/b9-6+. The third-order valence-electron chi connectivity index (χ3n) is 3.40. The van der Waals surface area contributed by atoms with E-state index in [1.165, 1.54) is 12.3 Å². The first-order valence-corrected chi connectivity index (χ1v) is 7.87. The molecule has 0 saturated heterocycles. The van der Waals surface area contributed by atoms with E-state index in [0.717, 1.165) is 22.2 Å². The van der Waals surface area contributed by atoms with E-state index in [2.05, 4.69) is 25.9 Å². The molecule has 2 aromatic carbocycles. The minimum Gasteiger partial charge on any atom is -0.338 e. The predicted octanol–water partition coefficient (Wildman–Crippen LogP) is 6.03. The molecule has 0 aliphatic carbocycles. The van der Waals surface area contributed by atoms with Crippen LogP contribution in [-0.2, 0) is 6.18 Å². The highest BCUT2D eigenvalue weighted by molar-refractivity contribution is 9.10. The number of imidazole rings is 1. The molecule has 0 saturated carbocycles. The lowest BCUT2D eigenvalue weighted by molar-refractivity contribution is -0.137. The molecule has 24 heavy (non-hydrogen) atoms. The summed E-state index contributed by atoms with van der Waals surface area (Å²) < 4.78 is 39.3. The van der Waals surface area contributed by atoms with Crippen molar-refractivity contribution in [2.45, 2.75) is 6.18 Å². The van der Waals surface area contributed by atoms with Gasteiger partial charge in [-0.3, -0.25) is 0 Å². The number of benzene rings is 2. The van der Waals surface area contributed by atoms with Crippen LogP contribution < -0.4 is 0 Å². The van der Waals surface area contributed by atoms with Gasteiger partial charge >= 0.3 is 6.18 Å². The Kier molecular flexibility index (Phi) is 4.57. The van der Waals surface area contributed by atoms with Crippen LogP contribution in [0.4, 0.5) is 13.2 Å². The molecule has 0 aliphatic rings. The molecule has 0 bridgehead atoms. The van der Waals surface area contributed by atoms with Crippen molar-refractivity contribution in [1.29, 1.82) is 0 Å². The zero-order chi connectivity index (χ0) is 17.2. The van der Waals surface area contributed by atoms with Gasteiger partial charge in [-0.25, -0.2) is 4.98 Å². The van der Waals surface area contributed by atoms with E-state index in [9.17, 15) is 13.2 Å². The van der Waals surface area contributed by atoms with E-state index < -0.39 is 11.7 Å². The van der Waals surface area contributed by atoms with E-state index in [4.69, 9.17) is 0 Å². The number of nitrogens with one attached hydrogen (secondary N) is 1. The molecule has 1 N–H and O–H groups in total. The van der Waals surface area contributed by atoms with E-state index in [1.54, 1.807) is 12.1 Å². The molecule has 0 aliphatic heterocycles. The van der Waals surface area contributed by atoms with Crippen molar-refractivity contribution in [3.8, 4) is 11.3 Å². The number of halogens is 4. The lowest BCUT2D eigenvalue weighted by Gasteiger charge is -2.07. The lowest BCUT2D eigenvalue weighted by atomic mass is 10.1. The highest BCUT2D eigenvalue weighted by Crippen LogP contribution is 2.31. The largest absolute Gasteiger partial charge is 0.416 e. The van der Waals surface area contributed by atoms with Gasteiger partial charge in [0.1, 0.15) is 5.82 Å². The first kappa shape index (κ1) is 16.5. The van der Waals surface area contributed by atoms with Crippen LogP contribution in [0.25, 0.3) is 23.4 Å². The van der Waals surface area contributed by atoms with Crippen LogP contribution in [0.2, 0.25) is 0 Å². The van der Waals surface area contributed by atoms with Crippen molar-refractivity contribution in [3.05, 3.63) is 76.2 Å². The van der Waals surface area contributed by atoms with Gasteiger partial charge in [0.25, 0.3) is 0 Å². The summed E-state index contributed by atoms with van der Waals surface area (Å²) in [5.74, 6) is 0.574. The van der Waals surface area contributed by atoms with Gasteiger partial charge in [0.2, 0.25) is 0 Å². The molecular formula is C18H12BrF3N2. The van der Waals surface area contributed by atoms with Crippen LogP contribution >= 0.6 is 15.9 Å². The van der Waals surface area contributed by atoms with Crippen LogP contribution in [0.3, 0.4) is 0 Å². The fourth-order valence-electron chi connectivity index (χ4n) is 2.18. The summed E-state index contributed by atoms with van der Waals surface area (Å²) >= 11 is 3.37. The quantitative estimate of drug-likeness (QED) is 0.579. The van der Waals surface area contributed by atoms with Crippen LogP contribution in [0.1, 0.15) is 17.0 Å². The van der Waals surface area contributed by atoms with Gasteiger partial charge in [-0.1, -0.05) is 46.3 Å². The molecule has 122 valence electrons. The van der Waals surface area contributed by atoms with E-state index in [1.807, 2.05) is 30.3 Å². The Morgan fingerprint density at radius 1 is 1.00 bits per heavy atom. The van der Waals surface area contributed by atoms with Crippen LogP contribution in [0, 0.1) is 0 Å². The van der Waals surface area contributed by atoms with Crippen molar-refractivity contribution in [2.75, 3.05) is 0 Å². The maximum atomic E-state index is 12.8. The fourth-order valence-corrected chi connectivity index (χ4v) is 2.44. The highest BCUT2D eigenvalue weighted by atomic mass is 79.9. The van der Waals surface area contributed by atoms with Crippen LogP contribution in [0.15, 0.2) is 59.2 Å². The van der Waals surface area contributed by atoms with Gasteiger partial charge < -0.3 is 4.98 Å². The number of hydrogen-bond donors (Lipinski definition) is 1. The number of H-pyrrole nitrogens is 1. The van der Waals surface area contributed by atoms with E-state index in [0.29, 0.717) is 17.1 Å². The van der Waals surface area contributed by atoms with Gasteiger partial charge in [-0.15, -0.1) is 0 Å². The first-order valence-electron chi connectivity index (χ1n) is 7.08. The summed E-state index contributed by atoms with van der Waals surface area (Å²) in [6.07, 6.45) is 0.818. The van der Waals surface area contributed by atoms with Crippen molar-refractivity contribution >= 4 is 28.1 Å². The van der Waals surface area contributed by atoms with Crippen molar-refractivity contribution in [2.24, 2.45) is 0 Å². The second-order valence-electron chi connectivity index (χ2n) is 5.15. The zero-order valence-corrected chi connectivity index (χ0v) is 13.9. The van der Waals surface area contributed by atoms with Crippen LogP contribution in [-0.4, -0.2) is 9.97 Å². The fraction of sp³-hybridized carbons (Fsp3) is 0.0556. The van der Waals surface area contributed by atoms with Gasteiger partial charge in [0.05, 0.1) is 17.5 Å². The van der Waals surface area contributed by atoms with Crippen molar-refractivity contribution in [1.82, 2.24) is 9.97 Å². The smallest absolute Gasteiger partial charge is 0.338 e. The molecule has 0 amide bonds.